The minimum Gasteiger partial charge on any atom is -0.330 e. The molecule has 1 aliphatic carbocycles. The third kappa shape index (κ3) is 5.44. The molecule has 8 heteroatoms. The van der Waals surface area contributed by atoms with Crippen LogP contribution in [-0.4, -0.2) is 58.4 Å². The summed E-state index contributed by atoms with van der Waals surface area (Å²) in [6, 6.07) is 7.72. The lowest BCUT2D eigenvalue weighted by molar-refractivity contribution is -0.158. The van der Waals surface area contributed by atoms with Gasteiger partial charge in [-0.05, 0) is 37.3 Å². The summed E-state index contributed by atoms with van der Waals surface area (Å²) < 4.78 is 0. The molecule has 1 saturated heterocycles. The number of amides is 4. The minimum atomic E-state index is -0.723. The van der Waals surface area contributed by atoms with Crippen LogP contribution in [0.25, 0.3) is 0 Å². The molecule has 0 aromatic heterocycles. The Bertz CT molecular complexity index is 763. The third-order valence-corrected chi connectivity index (χ3v) is 6.08. The van der Waals surface area contributed by atoms with Crippen LogP contribution in [0.1, 0.15) is 55.3 Å². The van der Waals surface area contributed by atoms with E-state index in [0.29, 0.717) is 48.8 Å². The Kier molecular flexibility index (Phi) is 7.57. The number of nitrogens with zero attached hydrogens (tertiary/aromatic N) is 2. The van der Waals surface area contributed by atoms with Gasteiger partial charge in [-0.1, -0.05) is 43.9 Å². The molecule has 1 saturated carbocycles. The Labute approximate surface area is 176 Å². The molecule has 162 valence electrons. The number of likely N-dealkylation sites (tertiary alicyclic amines) is 1. The van der Waals surface area contributed by atoms with Crippen molar-refractivity contribution in [2.45, 2.75) is 51.0 Å². The lowest BCUT2D eigenvalue weighted by atomic mass is 9.91. The van der Waals surface area contributed by atoms with E-state index in [1.807, 2.05) is 0 Å². The van der Waals surface area contributed by atoms with E-state index in [2.05, 4.69) is 5.32 Å². The van der Waals surface area contributed by atoms with E-state index in [1.54, 1.807) is 30.3 Å². The van der Waals surface area contributed by atoms with E-state index in [4.69, 9.17) is 0 Å². The third-order valence-electron chi connectivity index (χ3n) is 6.08. The topological polar surface area (TPSA) is 107 Å². The molecule has 8 nitrogen and oxygen atoms in total. The summed E-state index contributed by atoms with van der Waals surface area (Å²) in [5, 5.41) is 12.6. The van der Waals surface area contributed by atoms with Gasteiger partial charge in [0.1, 0.15) is 6.04 Å². The lowest BCUT2D eigenvalue weighted by Gasteiger charge is -2.30. The van der Waals surface area contributed by atoms with Crippen LogP contribution in [0.15, 0.2) is 30.3 Å². The van der Waals surface area contributed by atoms with E-state index >= 15 is 0 Å². The van der Waals surface area contributed by atoms with E-state index in [1.165, 1.54) is 4.90 Å². The average Bonchev–Trinajstić information content (AvgIpc) is 3.45. The molecule has 1 unspecified atom stereocenters. The van der Waals surface area contributed by atoms with Gasteiger partial charge in [-0.3, -0.25) is 29.7 Å². The Balaban J connectivity index is 1.67. The largest absolute Gasteiger partial charge is 0.330 e. The molecule has 2 atom stereocenters. The van der Waals surface area contributed by atoms with Crippen LogP contribution in [0.4, 0.5) is 0 Å². The average molecular weight is 415 g/mol. The van der Waals surface area contributed by atoms with Crippen LogP contribution in [0, 0.1) is 11.8 Å². The summed E-state index contributed by atoms with van der Waals surface area (Å²) in [6.07, 6.45) is 6.33. The molecule has 3 rings (SSSR count). The Morgan fingerprint density at radius 3 is 2.50 bits per heavy atom. The second-order valence-corrected chi connectivity index (χ2v) is 8.18. The van der Waals surface area contributed by atoms with Gasteiger partial charge in [0.05, 0.1) is 12.5 Å². The van der Waals surface area contributed by atoms with Crippen molar-refractivity contribution >= 4 is 24.1 Å². The number of benzene rings is 1. The smallest absolute Gasteiger partial charge is 0.257 e. The normalized spacial score (nSPS) is 20.0. The Hall–Kier alpha value is -2.74. The van der Waals surface area contributed by atoms with Gasteiger partial charge < -0.3 is 4.90 Å². The molecule has 1 heterocycles. The second kappa shape index (κ2) is 10.3. The molecule has 30 heavy (non-hydrogen) atoms. The number of imide groups is 1. The molecule has 0 spiro atoms. The van der Waals surface area contributed by atoms with Crippen LogP contribution in [-0.2, 0) is 14.4 Å². The standard InChI is InChI=1S/C22H29N3O5/c26-15-24(30)14-18(13-16-7-4-5-8-16)22(29)25-12-6-11-19(25)21(28)23-20(27)17-9-2-1-3-10-17/h1-3,9-10,15-16,18-19,30H,4-8,11-14H2,(H,23,27,28)/t18?,19-/m0/s1. The number of nitrogens with one attached hydrogen (secondary N) is 1. The summed E-state index contributed by atoms with van der Waals surface area (Å²) in [4.78, 5) is 50.7. The molecule has 4 amide bonds. The highest BCUT2D eigenvalue weighted by Gasteiger charge is 2.39. The van der Waals surface area contributed by atoms with Gasteiger partial charge in [0.25, 0.3) is 5.91 Å². The predicted octanol–water partition coefficient (Wildman–Crippen LogP) is 1.98. The van der Waals surface area contributed by atoms with Gasteiger partial charge in [-0.2, -0.15) is 0 Å². The van der Waals surface area contributed by atoms with Crippen molar-refractivity contribution in [2.24, 2.45) is 11.8 Å². The number of rotatable bonds is 8. The zero-order chi connectivity index (χ0) is 21.5. The number of carbonyl (C=O) groups excluding carboxylic acids is 4. The molecule has 0 radical (unpaired) electrons. The molecule has 1 aromatic rings. The van der Waals surface area contributed by atoms with Crippen molar-refractivity contribution in [3.05, 3.63) is 35.9 Å². The second-order valence-electron chi connectivity index (χ2n) is 8.18. The van der Waals surface area contributed by atoms with Crippen LogP contribution in [0.2, 0.25) is 0 Å². The first kappa shape index (κ1) is 22.0. The van der Waals surface area contributed by atoms with Gasteiger partial charge in [0, 0.05) is 12.1 Å². The summed E-state index contributed by atoms with van der Waals surface area (Å²) in [6.45, 7) is 0.330. The van der Waals surface area contributed by atoms with Gasteiger partial charge in [-0.25, -0.2) is 5.06 Å². The zero-order valence-electron chi connectivity index (χ0n) is 17.0. The SMILES string of the molecule is O=CN(O)CC(CC1CCCC1)C(=O)N1CCC[C@H]1C(=O)NC(=O)c1ccccc1. The molecule has 1 aromatic carbocycles. The quantitative estimate of drug-likeness (QED) is 0.292. The van der Waals surface area contributed by atoms with Crippen molar-refractivity contribution in [1.29, 1.82) is 0 Å². The first-order valence-corrected chi connectivity index (χ1v) is 10.6. The van der Waals surface area contributed by atoms with Crippen LogP contribution in [0.5, 0.6) is 0 Å². The maximum absolute atomic E-state index is 13.3. The Morgan fingerprint density at radius 1 is 1.13 bits per heavy atom. The molecule has 2 aliphatic rings. The van der Waals surface area contributed by atoms with Crippen molar-refractivity contribution in [3.63, 3.8) is 0 Å². The van der Waals surface area contributed by atoms with Gasteiger partial charge >= 0.3 is 0 Å². The van der Waals surface area contributed by atoms with Crippen LogP contribution in [0.3, 0.4) is 0 Å². The fourth-order valence-corrected chi connectivity index (χ4v) is 4.57. The zero-order valence-corrected chi connectivity index (χ0v) is 17.0. The van der Waals surface area contributed by atoms with E-state index in [0.717, 1.165) is 25.7 Å². The number of hydroxylamine groups is 2. The molecule has 2 N–H and O–H groups in total. The summed E-state index contributed by atoms with van der Waals surface area (Å²) in [5.41, 5.74) is 0.378. The van der Waals surface area contributed by atoms with Gasteiger partial charge in [-0.15, -0.1) is 0 Å². The monoisotopic (exact) mass is 415 g/mol. The molecule has 2 fully saturated rings. The predicted molar refractivity (Wildman–Crippen MR) is 108 cm³/mol. The highest BCUT2D eigenvalue weighted by molar-refractivity contribution is 6.06. The lowest BCUT2D eigenvalue weighted by Crippen LogP contribution is -2.50. The maximum atomic E-state index is 13.3. The van der Waals surface area contributed by atoms with E-state index < -0.39 is 23.8 Å². The highest BCUT2D eigenvalue weighted by Crippen LogP contribution is 2.32. The fraction of sp³-hybridized carbons (Fsp3) is 0.545. The summed E-state index contributed by atoms with van der Waals surface area (Å²) >= 11 is 0. The highest BCUT2D eigenvalue weighted by atomic mass is 16.5. The fourth-order valence-electron chi connectivity index (χ4n) is 4.57. The number of hydrogen-bond donors (Lipinski definition) is 2. The van der Waals surface area contributed by atoms with Crippen LogP contribution >= 0.6 is 0 Å². The first-order chi connectivity index (χ1) is 14.5. The van der Waals surface area contributed by atoms with Crippen molar-refractivity contribution < 1.29 is 24.4 Å². The minimum absolute atomic E-state index is 0.0907. The Morgan fingerprint density at radius 2 is 1.83 bits per heavy atom. The van der Waals surface area contributed by atoms with Crippen molar-refractivity contribution in [1.82, 2.24) is 15.3 Å². The van der Waals surface area contributed by atoms with Crippen molar-refractivity contribution in [3.8, 4) is 0 Å². The summed E-state index contributed by atoms with van der Waals surface area (Å²) in [5.74, 6) is -1.42. The number of carbonyl (C=O) groups is 4. The molecular formula is C22H29N3O5. The number of hydrogen-bond acceptors (Lipinski definition) is 5. The molecular weight excluding hydrogens is 386 g/mol. The van der Waals surface area contributed by atoms with Gasteiger partial charge in [0.15, 0.2) is 0 Å². The van der Waals surface area contributed by atoms with E-state index in [-0.39, 0.29) is 12.5 Å². The summed E-state index contributed by atoms with van der Waals surface area (Å²) in [7, 11) is 0. The van der Waals surface area contributed by atoms with E-state index in [9.17, 15) is 24.4 Å². The maximum Gasteiger partial charge on any atom is 0.257 e. The molecule has 0 bridgehead atoms. The van der Waals surface area contributed by atoms with Crippen molar-refractivity contribution in [2.75, 3.05) is 13.1 Å². The van der Waals surface area contributed by atoms with Crippen LogP contribution < -0.4 is 5.32 Å². The van der Waals surface area contributed by atoms with Gasteiger partial charge in [0.2, 0.25) is 18.2 Å². The molecule has 1 aliphatic heterocycles. The first-order valence-electron chi connectivity index (χ1n) is 10.6.